The Morgan fingerprint density at radius 3 is 2.50 bits per heavy atom. The minimum absolute atomic E-state index is 0.169. The molecular formula is C26H22F3N3O4S2. The number of thioether (sulfide) groups is 1. The number of amidine groups is 1. The van der Waals surface area contributed by atoms with Gasteiger partial charge in [-0.25, -0.2) is 4.99 Å². The maximum Gasteiger partial charge on any atom is 0.516 e. The van der Waals surface area contributed by atoms with Crippen LogP contribution in [0, 0.1) is 5.92 Å². The van der Waals surface area contributed by atoms with Crippen molar-refractivity contribution < 1.29 is 31.1 Å². The highest BCUT2D eigenvalue weighted by Gasteiger charge is 2.46. The molecule has 1 aliphatic heterocycles. The van der Waals surface area contributed by atoms with Crippen LogP contribution in [0.25, 0.3) is 6.08 Å². The summed E-state index contributed by atoms with van der Waals surface area (Å²) >= 11 is 1.10. The smallest absolute Gasteiger partial charge is 0.493 e. The van der Waals surface area contributed by atoms with Gasteiger partial charge in [-0.1, -0.05) is 48.1 Å². The first-order chi connectivity index (χ1) is 18.0. The second-order valence-electron chi connectivity index (χ2n) is 8.28. The summed E-state index contributed by atoms with van der Waals surface area (Å²) < 4.78 is 67.3. The van der Waals surface area contributed by atoms with Crippen LogP contribution in [-0.4, -0.2) is 31.6 Å². The van der Waals surface area contributed by atoms with Crippen LogP contribution in [0.15, 0.2) is 94.4 Å². The molecule has 1 aliphatic carbocycles. The van der Waals surface area contributed by atoms with E-state index in [1.807, 2.05) is 43.3 Å². The molecule has 198 valence electrons. The third kappa shape index (κ3) is 7.17. The summed E-state index contributed by atoms with van der Waals surface area (Å²) in [5, 5.41) is 2.90. The summed E-state index contributed by atoms with van der Waals surface area (Å²) in [5.41, 5.74) is -3.41. The van der Waals surface area contributed by atoms with E-state index in [2.05, 4.69) is 28.5 Å². The van der Waals surface area contributed by atoms with Crippen molar-refractivity contribution in [3.63, 3.8) is 0 Å². The molecule has 1 atom stereocenters. The number of carbonyl (C=O) groups is 1. The van der Waals surface area contributed by atoms with E-state index in [9.17, 15) is 26.4 Å². The lowest BCUT2D eigenvalue weighted by Crippen LogP contribution is -2.29. The number of nitrogens with one attached hydrogen (secondary N) is 2. The number of sulfonamides is 1. The van der Waals surface area contributed by atoms with Crippen molar-refractivity contribution in [1.82, 2.24) is 5.32 Å². The Morgan fingerprint density at radius 1 is 1.11 bits per heavy atom. The fraction of sp³-hybridized carbons (Fsp3) is 0.154. The molecule has 1 heterocycles. The molecule has 0 bridgehead atoms. The number of aliphatic imine (C=N–C) groups is 1. The van der Waals surface area contributed by atoms with Gasteiger partial charge in [-0.15, -0.1) is 0 Å². The first-order valence-electron chi connectivity index (χ1n) is 11.2. The van der Waals surface area contributed by atoms with E-state index in [-0.39, 0.29) is 22.7 Å². The van der Waals surface area contributed by atoms with Gasteiger partial charge in [-0.2, -0.15) is 21.6 Å². The van der Waals surface area contributed by atoms with Gasteiger partial charge in [0.1, 0.15) is 5.75 Å². The van der Waals surface area contributed by atoms with Crippen molar-refractivity contribution in [3.05, 3.63) is 95.0 Å². The van der Waals surface area contributed by atoms with Gasteiger partial charge in [0, 0.05) is 11.6 Å². The zero-order valence-electron chi connectivity index (χ0n) is 19.9. The van der Waals surface area contributed by atoms with Gasteiger partial charge < -0.3 is 10.1 Å². The summed E-state index contributed by atoms with van der Waals surface area (Å²) in [6.07, 6.45) is 12.0. The van der Waals surface area contributed by atoms with E-state index in [1.165, 1.54) is 22.4 Å². The number of allylic oxidation sites excluding steroid dienone is 4. The average Bonchev–Trinajstić information content (AvgIpc) is 3.05. The largest absolute Gasteiger partial charge is 0.516 e. The standard InChI is InChI=1S/C26H22F3N3O4S2/c1-17-3-2-4-19(6-5-17)16-36-22-13-7-18(8-14-22)15-23-24(33)31-25(37-23)30-20-9-11-21(12-10-20)32-38(34,35)26(27,28)29/h2-15,19,32H,16H2,1H3,(H,30,31,33)/b23-15-. The Kier molecular flexibility index (Phi) is 8.12. The number of amides is 1. The minimum atomic E-state index is -5.51. The lowest BCUT2D eigenvalue weighted by molar-refractivity contribution is -0.115. The molecule has 2 aromatic rings. The normalized spacial score (nSPS) is 19.8. The zero-order valence-corrected chi connectivity index (χ0v) is 21.5. The fourth-order valence-electron chi connectivity index (χ4n) is 3.28. The Labute approximate surface area is 221 Å². The molecule has 1 fully saturated rings. The summed E-state index contributed by atoms with van der Waals surface area (Å²) in [5.74, 6) is 0.524. The van der Waals surface area contributed by atoms with Crippen LogP contribution >= 0.6 is 11.8 Å². The predicted octanol–water partition coefficient (Wildman–Crippen LogP) is 5.91. The van der Waals surface area contributed by atoms with Gasteiger partial charge in [0.2, 0.25) is 0 Å². The van der Waals surface area contributed by atoms with Crippen LogP contribution in [0.1, 0.15) is 12.5 Å². The summed E-state index contributed by atoms with van der Waals surface area (Å²) in [4.78, 5) is 17.0. The molecule has 4 rings (SSSR count). The molecule has 0 saturated carbocycles. The number of rotatable bonds is 7. The van der Waals surface area contributed by atoms with Gasteiger partial charge in [-0.05, 0) is 66.7 Å². The molecule has 12 heteroatoms. The Morgan fingerprint density at radius 2 is 1.82 bits per heavy atom. The molecule has 1 saturated heterocycles. The SMILES string of the molecule is CC1=CC=CC(COc2ccc(/C=C3\SC(=Nc4ccc(NS(=O)(=O)C(F)(F)F)cc4)NC3=O)cc2)C=C1. The number of halogens is 3. The average molecular weight is 562 g/mol. The van der Waals surface area contributed by atoms with Crippen LogP contribution in [-0.2, 0) is 14.8 Å². The first kappa shape index (κ1) is 27.3. The van der Waals surface area contributed by atoms with E-state index in [0.717, 1.165) is 29.5 Å². The first-order valence-corrected chi connectivity index (χ1v) is 13.5. The molecule has 38 heavy (non-hydrogen) atoms. The van der Waals surface area contributed by atoms with Crippen molar-refractivity contribution in [2.24, 2.45) is 10.9 Å². The Bertz CT molecular complexity index is 1460. The summed E-state index contributed by atoms with van der Waals surface area (Å²) in [6.45, 7) is 2.54. The summed E-state index contributed by atoms with van der Waals surface area (Å²) in [6, 6.07) is 12.2. The van der Waals surface area contributed by atoms with Crippen molar-refractivity contribution in [1.29, 1.82) is 0 Å². The lowest BCUT2D eigenvalue weighted by Gasteiger charge is -2.10. The topological polar surface area (TPSA) is 96.9 Å². The molecule has 2 aliphatic rings. The Balaban J connectivity index is 1.35. The quantitative estimate of drug-likeness (QED) is 0.410. The highest BCUT2D eigenvalue weighted by atomic mass is 32.2. The van der Waals surface area contributed by atoms with Crippen molar-refractivity contribution in [2.75, 3.05) is 11.3 Å². The van der Waals surface area contributed by atoms with Crippen molar-refractivity contribution >= 4 is 50.3 Å². The van der Waals surface area contributed by atoms with Crippen LogP contribution in [0.3, 0.4) is 0 Å². The molecule has 0 radical (unpaired) electrons. The van der Waals surface area contributed by atoms with Gasteiger partial charge in [0.15, 0.2) is 5.17 Å². The fourth-order valence-corrected chi connectivity index (χ4v) is 4.68. The van der Waals surface area contributed by atoms with Gasteiger partial charge >= 0.3 is 15.5 Å². The number of ether oxygens (including phenoxy) is 1. The number of carbonyl (C=O) groups excluding carboxylic acids is 1. The number of alkyl halides is 3. The molecule has 0 aromatic heterocycles. The number of hydrogen-bond donors (Lipinski definition) is 2. The molecule has 7 nitrogen and oxygen atoms in total. The molecule has 1 unspecified atom stereocenters. The molecular weight excluding hydrogens is 539 g/mol. The third-order valence-electron chi connectivity index (χ3n) is 5.25. The second kappa shape index (κ2) is 11.3. The van der Waals surface area contributed by atoms with E-state index >= 15 is 0 Å². The maximum atomic E-state index is 12.5. The van der Waals surface area contributed by atoms with Gasteiger partial charge in [0.05, 0.1) is 17.2 Å². The second-order valence-corrected chi connectivity index (χ2v) is 11.0. The van der Waals surface area contributed by atoms with E-state index < -0.39 is 15.5 Å². The number of anilines is 1. The number of nitrogens with zero attached hydrogens (tertiary/aromatic N) is 1. The van der Waals surface area contributed by atoms with E-state index in [1.54, 1.807) is 6.08 Å². The van der Waals surface area contributed by atoms with Crippen molar-refractivity contribution in [3.8, 4) is 5.75 Å². The lowest BCUT2D eigenvalue weighted by atomic mass is 10.1. The van der Waals surface area contributed by atoms with Crippen LogP contribution in [0.4, 0.5) is 24.5 Å². The molecule has 0 spiro atoms. The van der Waals surface area contributed by atoms with Crippen LogP contribution in [0.5, 0.6) is 5.75 Å². The minimum Gasteiger partial charge on any atom is -0.493 e. The number of hydrogen-bond acceptors (Lipinski definition) is 6. The third-order valence-corrected chi connectivity index (χ3v) is 7.27. The highest BCUT2D eigenvalue weighted by molar-refractivity contribution is 8.18. The Hall–Kier alpha value is -3.77. The van der Waals surface area contributed by atoms with Crippen LogP contribution < -0.4 is 14.8 Å². The molecule has 2 aromatic carbocycles. The highest BCUT2D eigenvalue weighted by Crippen LogP contribution is 2.30. The number of benzene rings is 2. The van der Waals surface area contributed by atoms with E-state index in [4.69, 9.17) is 4.74 Å². The molecule has 1 amide bonds. The van der Waals surface area contributed by atoms with Crippen molar-refractivity contribution in [2.45, 2.75) is 12.4 Å². The zero-order chi connectivity index (χ0) is 27.3. The predicted molar refractivity (Wildman–Crippen MR) is 143 cm³/mol. The summed E-state index contributed by atoms with van der Waals surface area (Å²) in [7, 11) is -5.51. The van der Waals surface area contributed by atoms with Crippen LogP contribution in [0.2, 0.25) is 0 Å². The van der Waals surface area contributed by atoms with Gasteiger partial charge in [0.25, 0.3) is 5.91 Å². The monoisotopic (exact) mass is 561 g/mol. The maximum absolute atomic E-state index is 12.5. The van der Waals surface area contributed by atoms with Gasteiger partial charge in [-0.3, -0.25) is 9.52 Å². The molecule has 2 N–H and O–H groups in total. The van der Waals surface area contributed by atoms with E-state index in [0.29, 0.717) is 22.9 Å².